The molecule has 340 valence electrons. The van der Waals surface area contributed by atoms with Crippen LogP contribution in [0.15, 0.2) is 9.98 Å². The van der Waals surface area contributed by atoms with E-state index in [0.717, 1.165) is 93.0 Å². The Kier molecular flexibility index (Phi) is 12.2. The van der Waals surface area contributed by atoms with E-state index in [4.69, 9.17) is 15.7 Å². The molecule has 8 saturated carbocycles. The lowest BCUT2D eigenvalue weighted by molar-refractivity contribution is -0.128. The largest absolute Gasteiger partial charge is 0.393 e. The van der Waals surface area contributed by atoms with Crippen molar-refractivity contribution in [1.29, 1.82) is 0 Å². The Morgan fingerprint density at radius 1 is 0.517 bits per heavy atom. The molecule has 0 aromatic carbocycles. The minimum atomic E-state index is -0.158. The molecule has 8 fully saturated rings. The number of fused-ring (bicyclic) bond motifs is 10. The van der Waals surface area contributed by atoms with Gasteiger partial charge < -0.3 is 21.1 Å². The van der Waals surface area contributed by atoms with Crippen LogP contribution in [0.2, 0.25) is 0 Å². The summed E-state index contributed by atoms with van der Waals surface area (Å²) in [5, 5.41) is 33.0. The number of rotatable bonds is 4. The van der Waals surface area contributed by atoms with Gasteiger partial charge in [0.15, 0.2) is 0 Å². The van der Waals surface area contributed by atoms with Gasteiger partial charge in [0.25, 0.3) is 0 Å². The molecule has 2 heterocycles. The molecule has 0 aromatic rings. The predicted molar refractivity (Wildman–Crippen MR) is 247 cm³/mol. The second-order valence-corrected chi connectivity index (χ2v) is 25.6. The van der Waals surface area contributed by atoms with E-state index in [1.807, 2.05) is 0 Å². The van der Waals surface area contributed by atoms with Crippen LogP contribution in [0.25, 0.3) is 0 Å². The number of aliphatic hydroxyl groups is 3. The highest BCUT2D eigenvalue weighted by molar-refractivity contribution is 5.88. The summed E-state index contributed by atoms with van der Waals surface area (Å²) >= 11 is 0. The van der Waals surface area contributed by atoms with E-state index in [0.29, 0.717) is 63.7 Å². The third kappa shape index (κ3) is 7.30. The van der Waals surface area contributed by atoms with Crippen molar-refractivity contribution < 1.29 is 15.3 Å². The Labute approximate surface area is 367 Å². The second kappa shape index (κ2) is 16.6. The van der Waals surface area contributed by atoms with Crippen molar-refractivity contribution in [1.82, 2.24) is 0 Å². The zero-order chi connectivity index (χ0) is 42.5. The first-order chi connectivity index (χ1) is 28.5. The monoisotopic (exact) mass is 830 g/mol. The number of hydrogen-bond acceptors (Lipinski definition) is 6. The molecule has 0 amide bonds. The number of aliphatic imine (C=N–C) groups is 2. The van der Waals surface area contributed by atoms with Gasteiger partial charge in [-0.25, -0.2) is 0 Å². The van der Waals surface area contributed by atoms with Crippen molar-refractivity contribution in [2.75, 3.05) is 13.1 Å². The molecular formula is C54H91N3O3. The van der Waals surface area contributed by atoms with Crippen LogP contribution >= 0.6 is 0 Å². The maximum atomic E-state index is 11.4. The van der Waals surface area contributed by atoms with E-state index in [2.05, 4.69) is 55.4 Å². The summed E-state index contributed by atoms with van der Waals surface area (Å²) in [6.45, 7) is 21.7. The molecule has 10 aliphatic rings. The van der Waals surface area contributed by atoms with Crippen LogP contribution < -0.4 is 5.73 Å². The Hall–Kier alpha value is -0.820. The summed E-state index contributed by atoms with van der Waals surface area (Å²) in [6.07, 6.45) is 24.2. The molecule has 0 saturated heterocycles. The average molecular weight is 830 g/mol. The van der Waals surface area contributed by atoms with Crippen molar-refractivity contribution >= 4 is 11.4 Å². The molecular weight excluding hydrogens is 739 g/mol. The topological polar surface area (TPSA) is 111 Å². The van der Waals surface area contributed by atoms with Crippen LogP contribution in [0, 0.1) is 105 Å². The zero-order valence-electron chi connectivity index (χ0n) is 39.8. The van der Waals surface area contributed by atoms with Crippen LogP contribution in [0.1, 0.15) is 184 Å². The van der Waals surface area contributed by atoms with E-state index in [-0.39, 0.29) is 23.7 Å². The van der Waals surface area contributed by atoms with Crippen LogP contribution in [-0.2, 0) is 0 Å². The Balaban J connectivity index is 0.000000154. The van der Waals surface area contributed by atoms with Gasteiger partial charge in [-0.1, -0.05) is 55.4 Å². The van der Waals surface area contributed by atoms with Crippen molar-refractivity contribution in [2.24, 2.45) is 120 Å². The van der Waals surface area contributed by atoms with Crippen molar-refractivity contribution in [3.8, 4) is 0 Å². The first-order valence-electron chi connectivity index (χ1n) is 26.3. The predicted octanol–water partition coefficient (Wildman–Crippen LogP) is 10.9. The standard InChI is InChI=1S/C27H46N2O.C27H45NO2/c1-16-5-8-23(29-15-16)17(2)25-24(30)14-22-20-7-6-18-13-19(28)9-11-26(18,3)21(20)10-12-27(22,25)4;1-16-5-8-23(28-15-16)17(2)25-24(30)14-22-20-7-6-18-13-19(29)9-11-26(18,3)21(20)10-12-27(22,25)4/h16-22,24-25,30H,5-15,28H2,1-4H3;16-22,24-25,29-30H,5-15H2,1-4H3. The lowest BCUT2D eigenvalue weighted by atomic mass is 9.44. The minimum absolute atomic E-state index is 0.0639. The molecule has 6 heteroatoms. The smallest absolute Gasteiger partial charge is 0.0582 e. The number of aliphatic hydroxyl groups excluding tert-OH is 3. The molecule has 2 aliphatic heterocycles. The first kappa shape index (κ1) is 44.4. The van der Waals surface area contributed by atoms with E-state index in [1.54, 1.807) is 0 Å². The summed E-state index contributed by atoms with van der Waals surface area (Å²) in [5.41, 5.74) is 10.7. The van der Waals surface area contributed by atoms with Gasteiger partial charge in [-0.3, -0.25) is 9.98 Å². The average Bonchev–Trinajstić information content (AvgIpc) is 3.65. The molecule has 6 nitrogen and oxygen atoms in total. The first-order valence-corrected chi connectivity index (χ1v) is 26.3. The molecule has 0 spiro atoms. The highest BCUT2D eigenvalue weighted by atomic mass is 16.3. The third-order valence-electron chi connectivity index (χ3n) is 22.7. The molecule has 0 radical (unpaired) electrons. The van der Waals surface area contributed by atoms with Gasteiger partial charge >= 0.3 is 0 Å². The van der Waals surface area contributed by atoms with Gasteiger partial charge in [0.05, 0.1) is 18.3 Å². The molecule has 22 atom stereocenters. The highest BCUT2D eigenvalue weighted by Crippen LogP contribution is 2.70. The van der Waals surface area contributed by atoms with Crippen LogP contribution in [-0.4, -0.2) is 64.2 Å². The zero-order valence-corrected chi connectivity index (χ0v) is 39.8. The fourth-order valence-electron chi connectivity index (χ4n) is 19.3. The number of nitrogens with zero attached hydrogens (tertiary/aromatic N) is 2. The van der Waals surface area contributed by atoms with Gasteiger partial charge in [0, 0.05) is 30.6 Å². The second-order valence-electron chi connectivity index (χ2n) is 25.6. The third-order valence-corrected chi connectivity index (χ3v) is 22.7. The van der Waals surface area contributed by atoms with Gasteiger partial charge in [-0.2, -0.15) is 0 Å². The lowest BCUT2D eigenvalue weighted by Gasteiger charge is -2.61. The minimum Gasteiger partial charge on any atom is -0.393 e. The summed E-state index contributed by atoms with van der Waals surface area (Å²) in [5.74, 6) is 9.29. The Bertz CT molecular complexity index is 1500. The van der Waals surface area contributed by atoms with Gasteiger partial charge in [-0.15, -0.1) is 0 Å². The maximum absolute atomic E-state index is 11.4. The van der Waals surface area contributed by atoms with Crippen molar-refractivity contribution in [2.45, 2.75) is 208 Å². The van der Waals surface area contributed by atoms with Crippen LogP contribution in [0.4, 0.5) is 0 Å². The molecule has 5 N–H and O–H groups in total. The van der Waals surface area contributed by atoms with Crippen LogP contribution in [0.5, 0.6) is 0 Å². The van der Waals surface area contributed by atoms with E-state index in [9.17, 15) is 15.3 Å². The number of hydrogen-bond donors (Lipinski definition) is 4. The van der Waals surface area contributed by atoms with E-state index < -0.39 is 0 Å². The van der Waals surface area contributed by atoms with Crippen molar-refractivity contribution in [3.05, 3.63) is 0 Å². The van der Waals surface area contributed by atoms with E-state index >= 15 is 0 Å². The maximum Gasteiger partial charge on any atom is 0.0582 e. The van der Waals surface area contributed by atoms with E-state index in [1.165, 1.54) is 101 Å². The molecule has 60 heavy (non-hydrogen) atoms. The van der Waals surface area contributed by atoms with Gasteiger partial charge in [0.1, 0.15) is 0 Å². The molecule has 22 unspecified atom stereocenters. The quantitative estimate of drug-likeness (QED) is 0.226. The van der Waals surface area contributed by atoms with Gasteiger partial charge in [-0.05, 0) is 233 Å². The lowest BCUT2D eigenvalue weighted by Crippen LogP contribution is -2.55. The van der Waals surface area contributed by atoms with Crippen LogP contribution in [0.3, 0.4) is 0 Å². The Morgan fingerprint density at radius 2 is 0.950 bits per heavy atom. The molecule has 8 aliphatic carbocycles. The van der Waals surface area contributed by atoms with Crippen molar-refractivity contribution in [3.63, 3.8) is 0 Å². The molecule has 0 aromatic heterocycles. The molecule has 0 bridgehead atoms. The SMILES string of the molecule is CC1CCC(C(C)C2C(O)CC3C4CCC5CC(N)CCC5(C)C4CCC32C)=NC1.CC1CCC(C(C)C2C(O)CC3C4CCC5CC(O)CCC5(C)C4CCC32C)=NC1. The normalized spacial score (nSPS) is 54.5. The Morgan fingerprint density at radius 3 is 1.40 bits per heavy atom. The fraction of sp³-hybridized carbons (Fsp3) is 0.963. The summed E-state index contributed by atoms with van der Waals surface area (Å²) in [6, 6.07) is 0.436. The summed E-state index contributed by atoms with van der Waals surface area (Å²) < 4.78 is 0. The van der Waals surface area contributed by atoms with Gasteiger partial charge in [0.2, 0.25) is 0 Å². The fourth-order valence-corrected chi connectivity index (χ4v) is 19.3. The summed E-state index contributed by atoms with van der Waals surface area (Å²) in [4.78, 5) is 10.00. The highest BCUT2D eigenvalue weighted by Gasteiger charge is 2.65. The number of nitrogens with two attached hydrogens (primary N) is 1. The summed E-state index contributed by atoms with van der Waals surface area (Å²) in [7, 11) is 0. The molecule has 10 rings (SSSR count).